The summed E-state index contributed by atoms with van der Waals surface area (Å²) in [6.45, 7) is 5.64. The lowest BCUT2D eigenvalue weighted by molar-refractivity contribution is -0.137. The Bertz CT molecular complexity index is 797. The zero-order chi connectivity index (χ0) is 21.3. The van der Waals surface area contributed by atoms with Crippen molar-refractivity contribution in [3.05, 3.63) is 42.0 Å². The maximum atomic E-state index is 12.9. The molecule has 0 saturated heterocycles. The predicted octanol–water partition coefficient (Wildman–Crippen LogP) is 3.50. The Kier molecular flexibility index (Phi) is 10.9. The number of aryl methyl sites for hydroxylation is 1. The van der Waals surface area contributed by atoms with E-state index in [1.807, 2.05) is 18.4 Å². The molecule has 1 atom stereocenters. The molecule has 1 aromatic heterocycles. The summed E-state index contributed by atoms with van der Waals surface area (Å²) in [5, 5.41) is 14.3. The molecule has 0 bridgehead atoms. The van der Waals surface area contributed by atoms with E-state index in [1.165, 1.54) is 12.1 Å². The predicted molar refractivity (Wildman–Crippen MR) is 120 cm³/mol. The van der Waals surface area contributed by atoms with Crippen molar-refractivity contribution in [2.24, 2.45) is 4.99 Å². The van der Waals surface area contributed by atoms with Gasteiger partial charge in [0, 0.05) is 26.6 Å². The Morgan fingerprint density at radius 2 is 2.03 bits per heavy atom. The van der Waals surface area contributed by atoms with Crippen LogP contribution in [0.2, 0.25) is 0 Å². The molecule has 0 spiro atoms. The minimum atomic E-state index is -4.40. The maximum Gasteiger partial charge on any atom is 0.416 e. The number of nitrogens with zero attached hydrogens (tertiary/aromatic N) is 4. The number of nitrogens with one attached hydrogen (secondary N) is 2. The average molecular weight is 540 g/mol. The van der Waals surface area contributed by atoms with Gasteiger partial charge in [-0.25, -0.2) is 0 Å². The van der Waals surface area contributed by atoms with Gasteiger partial charge in [-0.1, -0.05) is 19.9 Å². The van der Waals surface area contributed by atoms with Gasteiger partial charge in [-0.05, 0) is 24.6 Å². The van der Waals surface area contributed by atoms with Gasteiger partial charge in [-0.15, -0.1) is 34.2 Å². The molecule has 0 saturated carbocycles. The Hall–Kier alpha value is -2.05. The minimum absolute atomic E-state index is 0. The standard InChI is InChI=1S/C19H27F3N6O.HI/c1-4-15(29-16-8-6-7-14(11-16)19(20,21)22)12-25-18(23-3)24-9-10-28-13-26-27-17(28)5-2;/h6-8,11,13,15H,4-5,9-10,12H2,1-3H3,(H2,23,24,25);1H. The fourth-order valence-electron chi connectivity index (χ4n) is 2.67. The molecular formula is C19H28F3IN6O. The molecule has 168 valence electrons. The Morgan fingerprint density at radius 3 is 2.67 bits per heavy atom. The number of guanidine groups is 1. The molecule has 11 heteroatoms. The van der Waals surface area contributed by atoms with Gasteiger partial charge in [0.1, 0.15) is 24.0 Å². The molecule has 0 aliphatic heterocycles. The van der Waals surface area contributed by atoms with Crippen molar-refractivity contribution in [2.75, 3.05) is 20.1 Å². The van der Waals surface area contributed by atoms with Gasteiger partial charge >= 0.3 is 6.18 Å². The molecule has 0 aliphatic carbocycles. The van der Waals surface area contributed by atoms with Crippen LogP contribution in [0.4, 0.5) is 13.2 Å². The molecule has 0 radical (unpaired) electrons. The van der Waals surface area contributed by atoms with Crippen LogP contribution >= 0.6 is 24.0 Å². The summed E-state index contributed by atoms with van der Waals surface area (Å²) in [5.74, 6) is 1.69. The number of rotatable bonds is 9. The molecular weight excluding hydrogens is 512 g/mol. The monoisotopic (exact) mass is 540 g/mol. The van der Waals surface area contributed by atoms with Crippen LogP contribution in [0, 0.1) is 0 Å². The van der Waals surface area contributed by atoms with Gasteiger partial charge in [-0.2, -0.15) is 13.2 Å². The SMILES string of the molecule is CCc1nncn1CCNC(=NC)NCC(CC)Oc1cccc(C(F)(F)F)c1.I. The quantitative estimate of drug-likeness (QED) is 0.290. The van der Waals surface area contributed by atoms with E-state index in [0.29, 0.717) is 32.0 Å². The third kappa shape index (κ3) is 8.00. The van der Waals surface area contributed by atoms with Crippen LogP contribution in [0.1, 0.15) is 31.7 Å². The van der Waals surface area contributed by atoms with Crippen molar-refractivity contribution in [3.8, 4) is 5.75 Å². The summed E-state index contributed by atoms with van der Waals surface area (Å²) >= 11 is 0. The highest BCUT2D eigenvalue weighted by molar-refractivity contribution is 14.0. The van der Waals surface area contributed by atoms with E-state index >= 15 is 0 Å². The lowest BCUT2D eigenvalue weighted by atomic mass is 10.2. The summed E-state index contributed by atoms with van der Waals surface area (Å²) in [5.41, 5.74) is -0.726. The Labute approximate surface area is 191 Å². The molecule has 1 unspecified atom stereocenters. The Morgan fingerprint density at radius 1 is 1.27 bits per heavy atom. The number of aromatic nitrogens is 3. The van der Waals surface area contributed by atoms with E-state index in [2.05, 4.69) is 25.8 Å². The van der Waals surface area contributed by atoms with E-state index in [0.717, 1.165) is 24.4 Å². The van der Waals surface area contributed by atoms with Crippen LogP contribution in [-0.4, -0.2) is 47.0 Å². The molecule has 0 amide bonds. The van der Waals surface area contributed by atoms with Crippen LogP contribution in [0.25, 0.3) is 0 Å². The van der Waals surface area contributed by atoms with Crippen LogP contribution < -0.4 is 15.4 Å². The zero-order valence-corrected chi connectivity index (χ0v) is 19.6. The topological polar surface area (TPSA) is 76.4 Å². The first-order valence-corrected chi connectivity index (χ1v) is 9.52. The van der Waals surface area contributed by atoms with E-state index in [-0.39, 0.29) is 35.8 Å². The second-order valence-electron chi connectivity index (χ2n) is 6.35. The lowest BCUT2D eigenvalue weighted by Crippen LogP contribution is -2.43. The molecule has 2 N–H and O–H groups in total. The minimum Gasteiger partial charge on any atom is -0.489 e. The first-order chi connectivity index (χ1) is 13.9. The van der Waals surface area contributed by atoms with Crippen molar-refractivity contribution in [3.63, 3.8) is 0 Å². The van der Waals surface area contributed by atoms with Crippen molar-refractivity contribution < 1.29 is 17.9 Å². The van der Waals surface area contributed by atoms with Crippen molar-refractivity contribution in [1.82, 2.24) is 25.4 Å². The summed E-state index contributed by atoms with van der Waals surface area (Å²) in [6, 6.07) is 4.90. The molecule has 0 fully saturated rings. The van der Waals surface area contributed by atoms with Gasteiger partial charge in [-0.3, -0.25) is 4.99 Å². The molecule has 2 rings (SSSR count). The maximum absolute atomic E-state index is 12.9. The third-order valence-corrected chi connectivity index (χ3v) is 4.30. The van der Waals surface area contributed by atoms with Gasteiger partial charge in [0.2, 0.25) is 0 Å². The molecule has 30 heavy (non-hydrogen) atoms. The largest absolute Gasteiger partial charge is 0.489 e. The van der Waals surface area contributed by atoms with Crippen LogP contribution in [0.5, 0.6) is 5.75 Å². The van der Waals surface area contributed by atoms with Crippen LogP contribution in [0.3, 0.4) is 0 Å². The van der Waals surface area contributed by atoms with Gasteiger partial charge in [0.15, 0.2) is 5.96 Å². The van der Waals surface area contributed by atoms with Crippen molar-refractivity contribution in [1.29, 1.82) is 0 Å². The lowest BCUT2D eigenvalue weighted by Gasteiger charge is -2.20. The number of hydrogen-bond acceptors (Lipinski definition) is 4. The fourth-order valence-corrected chi connectivity index (χ4v) is 2.67. The highest BCUT2D eigenvalue weighted by Crippen LogP contribution is 2.31. The van der Waals surface area contributed by atoms with E-state index in [1.54, 1.807) is 13.4 Å². The second-order valence-corrected chi connectivity index (χ2v) is 6.35. The summed E-state index contributed by atoms with van der Waals surface area (Å²) in [7, 11) is 1.65. The van der Waals surface area contributed by atoms with Crippen molar-refractivity contribution in [2.45, 2.75) is 45.5 Å². The normalized spacial score (nSPS) is 12.8. The number of alkyl halides is 3. The highest BCUT2D eigenvalue weighted by atomic mass is 127. The van der Waals surface area contributed by atoms with Crippen LogP contribution in [0.15, 0.2) is 35.6 Å². The number of ether oxygens (including phenoxy) is 1. The second kappa shape index (κ2) is 12.6. The first-order valence-electron chi connectivity index (χ1n) is 9.52. The third-order valence-electron chi connectivity index (χ3n) is 4.30. The highest BCUT2D eigenvalue weighted by Gasteiger charge is 2.30. The smallest absolute Gasteiger partial charge is 0.416 e. The van der Waals surface area contributed by atoms with Crippen molar-refractivity contribution >= 4 is 29.9 Å². The average Bonchev–Trinajstić information content (AvgIpc) is 3.16. The van der Waals surface area contributed by atoms with Gasteiger partial charge in [0.25, 0.3) is 0 Å². The molecule has 7 nitrogen and oxygen atoms in total. The van der Waals surface area contributed by atoms with Gasteiger partial charge in [0.05, 0.1) is 12.1 Å². The Balaban J connectivity index is 0.00000450. The molecule has 1 aromatic carbocycles. The van der Waals surface area contributed by atoms with E-state index in [4.69, 9.17) is 4.74 Å². The van der Waals surface area contributed by atoms with E-state index in [9.17, 15) is 13.2 Å². The summed E-state index contributed by atoms with van der Waals surface area (Å²) in [4.78, 5) is 4.16. The summed E-state index contributed by atoms with van der Waals surface area (Å²) < 4.78 is 46.2. The fraction of sp³-hybridized carbons (Fsp3) is 0.526. The first kappa shape index (κ1) is 26.0. The summed E-state index contributed by atoms with van der Waals surface area (Å²) in [6.07, 6.45) is -1.58. The molecule has 0 aliphatic rings. The van der Waals surface area contributed by atoms with Gasteiger partial charge < -0.3 is 19.9 Å². The number of hydrogen-bond donors (Lipinski definition) is 2. The number of halogens is 4. The molecule has 1 heterocycles. The zero-order valence-electron chi connectivity index (χ0n) is 17.2. The number of benzene rings is 1. The van der Waals surface area contributed by atoms with E-state index < -0.39 is 11.7 Å². The number of aliphatic imine (C=N–C) groups is 1. The van der Waals surface area contributed by atoms with Crippen LogP contribution in [-0.2, 0) is 19.1 Å². The molecule has 2 aromatic rings.